The summed E-state index contributed by atoms with van der Waals surface area (Å²) in [5.41, 5.74) is 6.71. The smallest absolute Gasteiger partial charge is 0.126 e. The van der Waals surface area contributed by atoms with E-state index in [4.69, 9.17) is 22.1 Å². The van der Waals surface area contributed by atoms with Crippen molar-refractivity contribution in [2.75, 3.05) is 26.3 Å². The van der Waals surface area contributed by atoms with E-state index in [-0.39, 0.29) is 17.4 Å². The van der Waals surface area contributed by atoms with Gasteiger partial charge in [0.25, 0.3) is 0 Å². The number of morpholine rings is 1. The summed E-state index contributed by atoms with van der Waals surface area (Å²) >= 11 is 5.93. The summed E-state index contributed by atoms with van der Waals surface area (Å²) in [6.07, 6.45) is 0.469. The fourth-order valence-corrected chi connectivity index (χ4v) is 2.76. The SMILES string of the molecule is CC(C)(C(N)Cc1cc(Cl)ccc1F)N1CCOCC1. The molecule has 1 aromatic carbocycles. The summed E-state index contributed by atoms with van der Waals surface area (Å²) in [4.78, 5) is 2.31. The van der Waals surface area contributed by atoms with E-state index in [1.807, 2.05) is 0 Å². The van der Waals surface area contributed by atoms with Gasteiger partial charge in [0.1, 0.15) is 5.82 Å². The van der Waals surface area contributed by atoms with Crippen LogP contribution in [-0.2, 0) is 11.2 Å². The van der Waals surface area contributed by atoms with Gasteiger partial charge in [0.05, 0.1) is 13.2 Å². The molecule has 0 aliphatic carbocycles. The van der Waals surface area contributed by atoms with Crippen molar-refractivity contribution in [3.63, 3.8) is 0 Å². The van der Waals surface area contributed by atoms with Gasteiger partial charge in [0.15, 0.2) is 0 Å². The minimum atomic E-state index is -0.248. The highest BCUT2D eigenvalue weighted by atomic mass is 35.5. The van der Waals surface area contributed by atoms with E-state index in [0.29, 0.717) is 17.0 Å². The van der Waals surface area contributed by atoms with Crippen LogP contribution in [0.3, 0.4) is 0 Å². The summed E-state index contributed by atoms with van der Waals surface area (Å²) in [6, 6.07) is 4.44. The maximum atomic E-state index is 13.8. The largest absolute Gasteiger partial charge is 0.379 e. The van der Waals surface area contributed by atoms with E-state index in [1.165, 1.54) is 6.07 Å². The van der Waals surface area contributed by atoms with Crippen LogP contribution >= 0.6 is 11.6 Å². The Morgan fingerprint density at radius 1 is 1.40 bits per heavy atom. The number of benzene rings is 1. The van der Waals surface area contributed by atoms with Crippen LogP contribution in [0.15, 0.2) is 18.2 Å². The number of hydrogen-bond donors (Lipinski definition) is 1. The molecule has 112 valence electrons. The summed E-state index contributed by atoms with van der Waals surface area (Å²) in [6.45, 7) is 7.37. The molecule has 1 saturated heterocycles. The second kappa shape index (κ2) is 6.39. The molecule has 0 aromatic heterocycles. The number of nitrogens with two attached hydrogens (primary N) is 1. The Bertz CT molecular complexity index is 461. The molecule has 1 aliphatic heterocycles. The lowest BCUT2D eigenvalue weighted by Crippen LogP contribution is -2.59. The van der Waals surface area contributed by atoms with Gasteiger partial charge in [-0.25, -0.2) is 4.39 Å². The molecule has 1 heterocycles. The number of rotatable bonds is 4. The van der Waals surface area contributed by atoms with Crippen molar-refractivity contribution >= 4 is 11.6 Å². The zero-order chi connectivity index (χ0) is 14.8. The Kier molecular flexibility index (Phi) is 5.02. The van der Waals surface area contributed by atoms with Crippen LogP contribution in [-0.4, -0.2) is 42.8 Å². The van der Waals surface area contributed by atoms with Gasteiger partial charge in [-0.1, -0.05) is 11.6 Å². The third-order valence-electron chi connectivity index (χ3n) is 4.18. The first-order valence-electron chi connectivity index (χ1n) is 6.93. The van der Waals surface area contributed by atoms with Gasteiger partial charge in [-0.3, -0.25) is 4.90 Å². The van der Waals surface area contributed by atoms with Crippen molar-refractivity contribution in [3.05, 3.63) is 34.6 Å². The fourth-order valence-electron chi connectivity index (χ4n) is 2.56. The molecule has 0 radical (unpaired) electrons. The highest BCUT2D eigenvalue weighted by molar-refractivity contribution is 6.30. The summed E-state index contributed by atoms with van der Waals surface area (Å²) in [5.74, 6) is -0.248. The van der Waals surface area contributed by atoms with Crippen molar-refractivity contribution in [2.24, 2.45) is 5.73 Å². The Morgan fingerprint density at radius 3 is 2.70 bits per heavy atom. The van der Waals surface area contributed by atoms with Crippen molar-refractivity contribution in [3.8, 4) is 0 Å². The minimum Gasteiger partial charge on any atom is -0.379 e. The third kappa shape index (κ3) is 3.50. The Hall–Kier alpha value is -0.680. The fraction of sp³-hybridized carbons (Fsp3) is 0.600. The Labute approximate surface area is 124 Å². The molecule has 3 nitrogen and oxygen atoms in total. The molecule has 0 bridgehead atoms. The van der Waals surface area contributed by atoms with Crippen LogP contribution in [0.4, 0.5) is 4.39 Å². The summed E-state index contributed by atoms with van der Waals surface area (Å²) < 4.78 is 19.2. The number of nitrogens with zero attached hydrogens (tertiary/aromatic N) is 1. The van der Waals surface area contributed by atoms with Crippen molar-refractivity contribution in [1.29, 1.82) is 0 Å². The molecule has 0 saturated carbocycles. The monoisotopic (exact) mass is 300 g/mol. The van der Waals surface area contributed by atoms with Gasteiger partial charge in [-0.05, 0) is 44.0 Å². The molecule has 1 aromatic rings. The van der Waals surface area contributed by atoms with Gasteiger partial charge >= 0.3 is 0 Å². The first-order chi connectivity index (χ1) is 9.41. The van der Waals surface area contributed by atoms with E-state index in [1.54, 1.807) is 12.1 Å². The average Bonchev–Trinajstić information content (AvgIpc) is 2.43. The van der Waals surface area contributed by atoms with Crippen LogP contribution in [0.5, 0.6) is 0 Å². The lowest BCUT2D eigenvalue weighted by molar-refractivity contribution is -0.0186. The van der Waals surface area contributed by atoms with Gasteiger partial charge in [-0.15, -0.1) is 0 Å². The van der Waals surface area contributed by atoms with Crippen LogP contribution < -0.4 is 5.73 Å². The topological polar surface area (TPSA) is 38.5 Å². The molecule has 0 spiro atoms. The van der Waals surface area contributed by atoms with Gasteiger partial charge in [0, 0.05) is 29.7 Å². The average molecular weight is 301 g/mol. The van der Waals surface area contributed by atoms with E-state index < -0.39 is 0 Å². The second-order valence-electron chi connectivity index (χ2n) is 5.80. The van der Waals surface area contributed by atoms with E-state index in [2.05, 4.69) is 18.7 Å². The van der Waals surface area contributed by atoms with Crippen molar-refractivity contribution in [2.45, 2.75) is 31.8 Å². The molecule has 5 heteroatoms. The third-order valence-corrected chi connectivity index (χ3v) is 4.42. The molecular weight excluding hydrogens is 279 g/mol. The number of ether oxygens (including phenoxy) is 1. The van der Waals surface area contributed by atoms with Gasteiger partial charge in [0.2, 0.25) is 0 Å². The van der Waals surface area contributed by atoms with Crippen LogP contribution in [0.2, 0.25) is 5.02 Å². The molecule has 1 atom stereocenters. The number of halogens is 2. The van der Waals surface area contributed by atoms with E-state index in [0.717, 1.165) is 26.3 Å². The number of hydrogen-bond acceptors (Lipinski definition) is 3. The maximum absolute atomic E-state index is 13.8. The molecule has 2 rings (SSSR count). The molecule has 1 fully saturated rings. The highest BCUT2D eigenvalue weighted by Crippen LogP contribution is 2.24. The second-order valence-corrected chi connectivity index (χ2v) is 6.24. The Morgan fingerprint density at radius 2 is 2.05 bits per heavy atom. The van der Waals surface area contributed by atoms with E-state index >= 15 is 0 Å². The first-order valence-corrected chi connectivity index (χ1v) is 7.31. The van der Waals surface area contributed by atoms with Crippen molar-refractivity contribution < 1.29 is 9.13 Å². The molecule has 20 heavy (non-hydrogen) atoms. The lowest BCUT2D eigenvalue weighted by atomic mass is 9.87. The van der Waals surface area contributed by atoms with Crippen LogP contribution in [0, 0.1) is 5.82 Å². The zero-order valence-corrected chi connectivity index (χ0v) is 12.8. The molecule has 1 unspecified atom stereocenters. The zero-order valence-electron chi connectivity index (χ0n) is 12.0. The van der Waals surface area contributed by atoms with E-state index in [9.17, 15) is 4.39 Å². The lowest BCUT2D eigenvalue weighted by Gasteiger charge is -2.44. The highest BCUT2D eigenvalue weighted by Gasteiger charge is 2.34. The summed E-state index contributed by atoms with van der Waals surface area (Å²) in [5, 5.41) is 0.540. The van der Waals surface area contributed by atoms with Crippen LogP contribution in [0.1, 0.15) is 19.4 Å². The predicted octanol–water partition coefficient (Wildman–Crippen LogP) is 2.46. The molecule has 1 aliphatic rings. The normalized spacial score (nSPS) is 19.1. The van der Waals surface area contributed by atoms with Gasteiger partial charge < -0.3 is 10.5 Å². The standard InChI is InChI=1S/C15H22ClFN2O/c1-15(2,19-5-7-20-8-6-19)14(18)10-11-9-12(16)3-4-13(11)17/h3-4,9,14H,5-8,10,18H2,1-2H3. The minimum absolute atomic E-state index is 0.173. The molecule has 2 N–H and O–H groups in total. The molecule has 0 amide bonds. The predicted molar refractivity (Wildman–Crippen MR) is 79.6 cm³/mol. The quantitative estimate of drug-likeness (QED) is 0.928. The first kappa shape index (κ1) is 15.7. The molecular formula is C15H22ClFN2O. The van der Waals surface area contributed by atoms with Crippen LogP contribution in [0.25, 0.3) is 0 Å². The maximum Gasteiger partial charge on any atom is 0.126 e. The Balaban J connectivity index is 2.09. The van der Waals surface area contributed by atoms with Gasteiger partial charge in [-0.2, -0.15) is 0 Å². The summed E-state index contributed by atoms with van der Waals surface area (Å²) in [7, 11) is 0. The van der Waals surface area contributed by atoms with Crippen molar-refractivity contribution in [1.82, 2.24) is 4.90 Å².